The Labute approximate surface area is 135 Å². The maximum atomic E-state index is 12.5. The zero-order valence-electron chi connectivity index (χ0n) is 13.6. The van der Waals surface area contributed by atoms with Gasteiger partial charge in [0.25, 0.3) is 0 Å². The summed E-state index contributed by atoms with van der Waals surface area (Å²) in [5.41, 5.74) is 7.31. The number of rotatable bonds is 4. The van der Waals surface area contributed by atoms with Crippen molar-refractivity contribution < 1.29 is 4.79 Å². The van der Waals surface area contributed by atoms with Gasteiger partial charge in [-0.3, -0.25) is 4.79 Å². The van der Waals surface area contributed by atoms with E-state index in [0.29, 0.717) is 17.4 Å². The Kier molecular flexibility index (Phi) is 4.42. The number of carbonyl (C=O) groups is 1. The molecule has 1 saturated heterocycles. The van der Waals surface area contributed by atoms with Crippen molar-refractivity contribution in [2.75, 3.05) is 31.6 Å². The summed E-state index contributed by atoms with van der Waals surface area (Å²) in [6.45, 7) is 3.89. The highest BCUT2D eigenvalue weighted by Gasteiger charge is 2.25. The third-order valence-corrected chi connectivity index (χ3v) is 4.57. The van der Waals surface area contributed by atoms with Gasteiger partial charge >= 0.3 is 0 Å². The van der Waals surface area contributed by atoms with E-state index in [9.17, 15) is 4.79 Å². The number of aromatic nitrogens is 4. The molecule has 2 aromatic rings. The zero-order valence-corrected chi connectivity index (χ0v) is 13.6. The van der Waals surface area contributed by atoms with Crippen molar-refractivity contribution in [3.05, 3.63) is 12.7 Å². The summed E-state index contributed by atoms with van der Waals surface area (Å²) in [6.07, 6.45) is 5.00. The first-order chi connectivity index (χ1) is 11.1. The van der Waals surface area contributed by atoms with Crippen molar-refractivity contribution in [2.45, 2.75) is 25.8 Å². The molecule has 0 bridgehead atoms. The van der Waals surface area contributed by atoms with Crippen LogP contribution in [0.15, 0.2) is 12.7 Å². The summed E-state index contributed by atoms with van der Waals surface area (Å²) in [6, 6.07) is 0.199. The SMILES string of the molecule is CC(N)C1CCN(C(=O)CN(C)c2ncnc3nc[nH]c23)CC1. The molecule has 1 fully saturated rings. The number of imidazole rings is 1. The summed E-state index contributed by atoms with van der Waals surface area (Å²) >= 11 is 0. The van der Waals surface area contributed by atoms with Crippen LogP contribution in [0, 0.1) is 5.92 Å². The van der Waals surface area contributed by atoms with Crippen molar-refractivity contribution in [2.24, 2.45) is 11.7 Å². The Hall–Kier alpha value is -2.22. The first-order valence-corrected chi connectivity index (χ1v) is 7.95. The molecule has 2 aromatic heterocycles. The predicted molar refractivity (Wildman–Crippen MR) is 87.9 cm³/mol. The van der Waals surface area contributed by atoms with Crippen LogP contribution in [0.25, 0.3) is 11.2 Å². The smallest absolute Gasteiger partial charge is 0.242 e. The number of aromatic amines is 1. The number of likely N-dealkylation sites (tertiary alicyclic amines) is 1. The second kappa shape index (κ2) is 6.49. The summed E-state index contributed by atoms with van der Waals surface area (Å²) in [5, 5.41) is 0. The molecule has 1 aliphatic rings. The van der Waals surface area contributed by atoms with E-state index < -0.39 is 0 Å². The Morgan fingerprint density at radius 2 is 2.17 bits per heavy atom. The molecule has 0 spiro atoms. The summed E-state index contributed by atoms with van der Waals surface area (Å²) in [7, 11) is 1.86. The van der Waals surface area contributed by atoms with Gasteiger partial charge in [-0.05, 0) is 25.7 Å². The monoisotopic (exact) mass is 317 g/mol. The lowest BCUT2D eigenvalue weighted by molar-refractivity contribution is -0.131. The van der Waals surface area contributed by atoms with Crippen molar-refractivity contribution in [3.63, 3.8) is 0 Å². The molecule has 1 aliphatic heterocycles. The van der Waals surface area contributed by atoms with Gasteiger partial charge in [0.2, 0.25) is 5.91 Å². The molecule has 0 radical (unpaired) electrons. The number of hydrogen-bond donors (Lipinski definition) is 2. The molecule has 1 atom stereocenters. The molecule has 23 heavy (non-hydrogen) atoms. The van der Waals surface area contributed by atoms with Gasteiger partial charge in [-0.2, -0.15) is 0 Å². The molecule has 0 aliphatic carbocycles. The number of likely N-dealkylation sites (N-methyl/N-ethyl adjacent to an activating group) is 1. The lowest BCUT2D eigenvalue weighted by atomic mass is 9.91. The largest absolute Gasteiger partial charge is 0.348 e. The maximum Gasteiger partial charge on any atom is 0.242 e. The molecule has 3 N–H and O–H groups in total. The lowest BCUT2D eigenvalue weighted by Gasteiger charge is -2.34. The normalized spacial score (nSPS) is 17.4. The van der Waals surface area contributed by atoms with E-state index in [0.717, 1.165) is 31.4 Å². The van der Waals surface area contributed by atoms with Gasteiger partial charge in [0.1, 0.15) is 11.8 Å². The first-order valence-electron chi connectivity index (χ1n) is 7.95. The number of hydrogen-bond acceptors (Lipinski definition) is 6. The van der Waals surface area contributed by atoms with E-state index in [2.05, 4.69) is 19.9 Å². The molecular weight excluding hydrogens is 294 g/mol. The highest BCUT2D eigenvalue weighted by atomic mass is 16.2. The van der Waals surface area contributed by atoms with Gasteiger partial charge < -0.3 is 20.5 Å². The Balaban J connectivity index is 1.63. The highest BCUT2D eigenvalue weighted by molar-refractivity contribution is 5.87. The van der Waals surface area contributed by atoms with Crippen LogP contribution in [0.3, 0.4) is 0 Å². The molecular formula is C15H23N7O. The van der Waals surface area contributed by atoms with Crippen LogP contribution in [0.1, 0.15) is 19.8 Å². The molecule has 124 valence electrons. The third-order valence-electron chi connectivity index (χ3n) is 4.57. The number of nitrogens with two attached hydrogens (primary N) is 1. The topological polar surface area (TPSA) is 104 Å². The Bertz CT molecular complexity index is 675. The number of piperidine rings is 1. The number of H-pyrrole nitrogens is 1. The summed E-state index contributed by atoms with van der Waals surface area (Å²) in [5.74, 6) is 1.32. The summed E-state index contributed by atoms with van der Waals surface area (Å²) < 4.78 is 0. The van der Waals surface area contributed by atoms with Crippen LogP contribution >= 0.6 is 0 Å². The molecule has 3 rings (SSSR count). The second-order valence-corrected chi connectivity index (χ2v) is 6.23. The first kappa shape index (κ1) is 15.7. The van der Waals surface area contributed by atoms with Crippen LogP contribution in [0.5, 0.6) is 0 Å². The number of nitrogens with one attached hydrogen (secondary N) is 1. The molecule has 3 heterocycles. The van der Waals surface area contributed by atoms with Gasteiger partial charge in [-0.1, -0.05) is 0 Å². The minimum Gasteiger partial charge on any atom is -0.348 e. The van der Waals surface area contributed by atoms with E-state index in [1.807, 2.05) is 23.8 Å². The van der Waals surface area contributed by atoms with Gasteiger partial charge in [0.15, 0.2) is 11.5 Å². The van der Waals surface area contributed by atoms with Crippen LogP contribution in [-0.4, -0.2) is 63.5 Å². The quantitative estimate of drug-likeness (QED) is 0.844. The number of nitrogens with zero attached hydrogens (tertiary/aromatic N) is 5. The highest BCUT2D eigenvalue weighted by Crippen LogP contribution is 2.21. The van der Waals surface area contributed by atoms with Crippen LogP contribution in [-0.2, 0) is 4.79 Å². The number of amides is 1. The Morgan fingerprint density at radius 1 is 1.43 bits per heavy atom. The zero-order chi connectivity index (χ0) is 16.4. The molecule has 0 aromatic carbocycles. The predicted octanol–water partition coefficient (Wildman–Crippen LogP) is 0.375. The van der Waals surface area contributed by atoms with E-state index in [4.69, 9.17) is 5.73 Å². The molecule has 1 unspecified atom stereocenters. The maximum absolute atomic E-state index is 12.5. The average Bonchev–Trinajstić information content (AvgIpc) is 3.03. The number of anilines is 1. The fourth-order valence-electron chi connectivity index (χ4n) is 3.09. The summed E-state index contributed by atoms with van der Waals surface area (Å²) in [4.78, 5) is 31.8. The van der Waals surface area contributed by atoms with Gasteiger partial charge in [-0.15, -0.1) is 0 Å². The van der Waals surface area contributed by atoms with Crippen molar-refractivity contribution in [1.29, 1.82) is 0 Å². The minimum absolute atomic E-state index is 0.113. The average molecular weight is 317 g/mol. The lowest BCUT2D eigenvalue weighted by Crippen LogP contribution is -2.46. The van der Waals surface area contributed by atoms with Crippen molar-refractivity contribution in [1.82, 2.24) is 24.8 Å². The minimum atomic E-state index is 0.113. The number of fused-ring (bicyclic) bond motifs is 1. The van der Waals surface area contributed by atoms with E-state index >= 15 is 0 Å². The fraction of sp³-hybridized carbons (Fsp3) is 0.600. The van der Waals surface area contributed by atoms with Crippen molar-refractivity contribution >= 4 is 22.9 Å². The van der Waals surface area contributed by atoms with Gasteiger partial charge in [-0.25, -0.2) is 15.0 Å². The molecule has 8 heteroatoms. The fourth-order valence-corrected chi connectivity index (χ4v) is 3.09. The van der Waals surface area contributed by atoms with Crippen LogP contribution in [0.4, 0.5) is 5.82 Å². The van der Waals surface area contributed by atoms with Crippen molar-refractivity contribution in [3.8, 4) is 0 Å². The standard InChI is InChI=1S/C15H23N7O/c1-10(16)11-3-5-22(6-4-11)12(23)7-21(2)15-13-14(18-8-17-13)19-9-20-15/h8-11H,3-7,16H2,1-2H3,(H,17,18,19,20). The molecule has 8 nitrogen and oxygen atoms in total. The van der Waals surface area contributed by atoms with Gasteiger partial charge in [0.05, 0.1) is 12.9 Å². The van der Waals surface area contributed by atoms with Gasteiger partial charge in [0, 0.05) is 26.2 Å². The Morgan fingerprint density at radius 3 is 2.87 bits per heavy atom. The van der Waals surface area contributed by atoms with E-state index in [1.54, 1.807) is 6.33 Å². The van der Waals surface area contributed by atoms with Crippen LogP contribution < -0.4 is 10.6 Å². The molecule has 0 saturated carbocycles. The van der Waals surface area contributed by atoms with E-state index in [1.165, 1.54) is 6.33 Å². The third kappa shape index (κ3) is 3.26. The second-order valence-electron chi connectivity index (χ2n) is 6.23. The molecule has 1 amide bonds. The van der Waals surface area contributed by atoms with E-state index in [-0.39, 0.29) is 18.5 Å². The number of carbonyl (C=O) groups excluding carboxylic acids is 1. The van der Waals surface area contributed by atoms with Crippen LogP contribution in [0.2, 0.25) is 0 Å².